The first kappa shape index (κ1) is 49.4. The fraction of sp³-hybridized carbons (Fsp3) is 0.933. The van der Waals surface area contributed by atoms with Crippen molar-refractivity contribution in [3.05, 3.63) is 0 Å². The third kappa shape index (κ3) is 39.5. The standard InChI is InChI=1S/C45H86O6/c1-5-7-9-11-13-14-15-16-17-18-19-20-25-29-33-37-44(47)50-40-42(39-49-43(46)36-32-28-23-12-10-8-6-2)51-45(48)38-34-30-26-22-21-24-27-31-35-41(3)4/h41-42H,5-40H2,1-4H3/t42-/m1/s1. The molecule has 0 aromatic carbocycles. The number of rotatable bonds is 40. The van der Waals surface area contributed by atoms with Crippen LogP contribution >= 0.6 is 0 Å². The van der Waals surface area contributed by atoms with E-state index >= 15 is 0 Å². The van der Waals surface area contributed by atoms with Gasteiger partial charge in [-0.15, -0.1) is 0 Å². The van der Waals surface area contributed by atoms with Gasteiger partial charge < -0.3 is 14.2 Å². The molecule has 0 aliphatic heterocycles. The highest BCUT2D eigenvalue weighted by molar-refractivity contribution is 5.71. The molecule has 6 nitrogen and oxygen atoms in total. The smallest absolute Gasteiger partial charge is 0.306 e. The molecule has 51 heavy (non-hydrogen) atoms. The summed E-state index contributed by atoms with van der Waals surface area (Å²) >= 11 is 0. The lowest BCUT2D eigenvalue weighted by Crippen LogP contribution is -2.30. The zero-order chi connectivity index (χ0) is 37.5. The van der Waals surface area contributed by atoms with Crippen LogP contribution in [0, 0.1) is 5.92 Å². The Morgan fingerprint density at radius 3 is 0.961 bits per heavy atom. The summed E-state index contributed by atoms with van der Waals surface area (Å²) in [6, 6.07) is 0. The van der Waals surface area contributed by atoms with E-state index in [-0.39, 0.29) is 31.1 Å². The number of esters is 3. The molecular formula is C45H86O6. The van der Waals surface area contributed by atoms with Gasteiger partial charge in [0, 0.05) is 19.3 Å². The van der Waals surface area contributed by atoms with Crippen molar-refractivity contribution in [2.75, 3.05) is 13.2 Å². The largest absolute Gasteiger partial charge is 0.462 e. The number of carbonyl (C=O) groups excluding carboxylic acids is 3. The normalized spacial score (nSPS) is 11.9. The van der Waals surface area contributed by atoms with E-state index in [2.05, 4.69) is 27.7 Å². The summed E-state index contributed by atoms with van der Waals surface area (Å²) in [6.45, 7) is 8.92. The number of carbonyl (C=O) groups is 3. The van der Waals surface area contributed by atoms with Gasteiger partial charge in [-0.2, -0.15) is 0 Å². The van der Waals surface area contributed by atoms with Gasteiger partial charge in [-0.3, -0.25) is 14.4 Å². The van der Waals surface area contributed by atoms with Crippen LogP contribution in [-0.4, -0.2) is 37.2 Å². The molecule has 0 unspecified atom stereocenters. The van der Waals surface area contributed by atoms with Gasteiger partial charge in [0.05, 0.1) is 0 Å². The van der Waals surface area contributed by atoms with E-state index < -0.39 is 6.10 Å². The monoisotopic (exact) mass is 723 g/mol. The molecule has 0 aliphatic carbocycles. The maximum atomic E-state index is 12.6. The van der Waals surface area contributed by atoms with Crippen molar-refractivity contribution in [1.82, 2.24) is 0 Å². The van der Waals surface area contributed by atoms with Gasteiger partial charge in [-0.25, -0.2) is 0 Å². The molecule has 0 bridgehead atoms. The maximum Gasteiger partial charge on any atom is 0.306 e. The van der Waals surface area contributed by atoms with Gasteiger partial charge in [0.25, 0.3) is 0 Å². The second-order valence-corrected chi connectivity index (χ2v) is 15.8. The second kappa shape index (κ2) is 39.6. The van der Waals surface area contributed by atoms with Crippen LogP contribution in [0.25, 0.3) is 0 Å². The fourth-order valence-electron chi connectivity index (χ4n) is 6.63. The Morgan fingerprint density at radius 1 is 0.373 bits per heavy atom. The Hall–Kier alpha value is -1.59. The fourth-order valence-corrected chi connectivity index (χ4v) is 6.63. The van der Waals surface area contributed by atoms with Crippen LogP contribution < -0.4 is 0 Å². The van der Waals surface area contributed by atoms with E-state index in [1.165, 1.54) is 141 Å². The van der Waals surface area contributed by atoms with Crippen molar-refractivity contribution in [2.24, 2.45) is 5.92 Å². The molecule has 0 N–H and O–H groups in total. The van der Waals surface area contributed by atoms with Gasteiger partial charge in [-0.1, -0.05) is 207 Å². The van der Waals surface area contributed by atoms with Crippen LogP contribution in [0.1, 0.15) is 246 Å². The van der Waals surface area contributed by atoms with Crippen molar-refractivity contribution in [2.45, 2.75) is 252 Å². The molecule has 0 aromatic heterocycles. The average Bonchev–Trinajstić information content (AvgIpc) is 3.11. The van der Waals surface area contributed by atoms with E-state index in [1.807, 2.05) is 0 Å². The molecule has 6 heteroatoms. The Labute approximate surface area is 317 Å². The highest BCUT2D eigenvalue weighted by atomic mass is 16.6. The number of unbranched alkanes of at least 4 members (excludes halogenated alkanes) is 27. The van der Waals surface area contributed by atoms with Crippen molar-refractivity contribution in [3.63, 3.8) is 0 Å². The van der Waals surface area contributed by atoms with Crippen molar-refractivity contribution < 1.29 is 28.6 Å². The summed E-state index contributed by atoms with van der Waals surface area (Å²) in [5.74, 6) is -0.0698. The first-order valence-corrected chi connectivity index (χ1v) is 22.4. The van der Waals surface area contributed by atoms with E-state index in [9.17, 15) is 14.4 Å². The average molecular weight is 723 g/mol. The Morgan fingerprint density at radius 2 is 0.647 bits per heavy atom. The highest BCUT2D eigenvalue weighted by Gasteiger charge is 2.19. The molecule has 0 aliphatic rings. The highest BCUT2D eigenvalue weighted by Crippen LogP contribution is 2.16. The molecular weight excluding hydrogens is 636 g/mol. The zero-order valence-corrected chi connectivity index (χ0v) is 34.6. The minimum Gasteiger partial charge on any atom is -0.462 e. The van der Waals surface area contributed by atoms with E-state index in [1.54, 1.807) is 0 Å². The molecule has 1 atom stereocenters. The van der Waals surface area contributed by atoms with Crippen LogP contribution in [0.5, 0.6) is 0 Å². The van der Waals surface area contributed by atoms with Crippen LogP contribution in [0.4, 0.5) is 0 Å². The lowest BCUT2D eigenvalue weighted by molar-refractivity contribution is -0.167. The summed E-state index contributed by atoms with van der Waals surface area (Å²) in [5, 5.41) is 0. The molecule has 0 spiro atoms. The van der Waals surface area contributed by atoms with E-state index in [0.29, 0.717) is 19.3 Å². The molecule has 302 valence electrons. The molecule has 0 saturated heterocycles. The first-order chi connectivity index (χ1) is 24.9. The van der Waals surface area contributed by atoms with Gasteiger partial charge >= 0.3 is 17.9 Å². The summed E-state index contributed by atoms with van der Waals surface area (Å²) in [7, 11) is 0. The Bertz CT molecular complexity index is 766. The zero-order valence-electron chi connectivity index (χ0n) is 34.6. The molecule has 0 fully saturated rings. The molecule has 0 aromatic rings. The quantitative estimate of drug-likeness (QED) is 0.0356. The summed E-state index contributed by atoms with van der Waals surface area (Å²) < 4.78 is 16.6. The van der Waals surface area contributed by atoms with Crippen LogP contribution in [0.2, 0.25) is 0 Å². The third-order valence-electron chi connectivity index (χ3n) is 10.0. The van der Waals surface area contributed by atoms with Crippen LogP contribution in [-0.2, 0) is 28.6 Å². The van der Waals surface area contributed by atoms with Crippen molar-refractivity contribution >= 4 is 17.9 Å². The van der Waals surface area contributed by atoms with Gasteiger partial charge in [-0.05, 0) is 25.2 Å². The first-order valence-electron chi connectivity index (χ1n) is 22.4. The SMILES string of the molecule is CCCCCCCCCCCCCCCCCC(=O)OC[C@@H](COC(=O)CCCCCCCCC)OC(=O)CCCCCCCCCCC(C)C. The summed E-state index contributed by atoms with van der Waals surface area (Å²) in [4.78, 5) is 37.5. The molecule has 0 heterocycles. The van der Waals surface area contributed by atoms with Gasteiger partial charge in [0.15, 0.2) is 6.10 Å². The summed E-state index contributed by atoms with van der Waals surface area (Å²) in [5.41, 5.74) is 0. The summed E-state index contributed by atoms with van der Waals surface area (Å²) in [6.07, 6.45) is 38.1. The van der Waals surface area contributed by atoms with Crippen molar-refractivity contribution in [1.29, 1.82) is 0 Å². The third-order valence-corrected chi connectivity index (χ3v) is 10.0. The topological polar surface area (TPSA) is 78.9 Å². The lowest BCUT2D eigenvalue weighted by atomic mass is 10.0. The number of ether oxygens (including phenoxy) is 3. The van der Waals surface area contributed by atoms with E-state index in [4.69, 9.17) is 14.2 Å². The predicted octanol–water partition coefficient (Wildman–Crippen LogP) is 13.9. The van der Waals surface area contributed by atoms with Crippen LogP contribution in [0.3, 0.4) is 0 Å². The second-order valence-electron chi connectivity index (χ2n) is 15.8. The minimum atomic E-state index is -0.758. The molecule has 0 amide bonds. The lowest BCUT2D eigenvalue weighted by Gasteiger charge is -2.18. The molecule has 0 rings (SSSR count). The van der Waals surface area contributed by atoms with Gasteiger partial charge in [0.2, 0.25) is 0 Å². The maximum absolute atomic E-state index is 12.6. The van der Waals surface area contributed by atoms with Crippen LogP contribution in [0.15, 0.2) is 0 Å². The number of hydrogen-bond donors (Lipinski definition) is 0. The predicted molar refractivity (Wildman–Crippen MR) is 215 cm³/mol. The number of hydrogen-bond acceptors (Lipinski definition) is 6. The Kier molecular flexibility index (Phi) is 38.4. The van der Waals surface area contributed by atoms with E-state index in [0.717, 1.165) is 63.7 Å². The molecule has 0 radical (unpaired) electrons. The minimum absolute atomic E-state index is 0.0647. The van der Waals surface area contributed by atoms with Gasteiger partial charge in [0.1, 0.15) is 13.2 Å². The molecule has 0 saturated carbocycles. The Balaban J connectivity index is 4.25. The van der Waals surface area contributed by atoms with Crippen molar-refractivity contribution in [3.8, 4) is 0 Å².